The van der Waals surface area contributed by atoms with Crippen LogP contribution in [0.15, 0.2) is 40.9 Å². The standard InChI is InChI=1S/C14H12N4O2S/c1-9-3-2-4-10-12(9)16-8-18(13(10)20)7-11(19)17-14-15-5-6-21-14/h2-6,8H,7H2,1H3,(H,15,17,19). The van der Waals surface area contributed by atoms with Crippen molar-refractivity contribution in [1.29, 1.82) is 0 Å². The largest absolute Gasteiger partial charge is 0.300 e. The second-order valence-electron chi connectivity index (χ2n) is 4.53. The molecule has 3 rings (SSSR count). The van der Waals surface area contributed by atoms with Crippen LogP contribution in [-0.2, 0) is 11.3 Å². The van der Waals surface area contributed by atoms with Crippen molar-refractivity contribution in [2.24, 2.45) is 0 Å². The van der Waals surface area contributed by atoms with Gasteiger partial charge in [-0.05, 0) is 18.6 Å². The Morgan fingerprint density at radius 2 is 2.24 bits per heavy atom. The number of nitrogens with zero attached hydrogens (tertiary/aromatic N) is 3. The van der Waals surface area contributed by atoms with Crippen LogP contribution in [0.5, 0.6) is 0 Å². The summed E-state index contributed by atoms with van der Waals surface area (Å²) in [6.45, 7) is 1.81. The van der Waals surface area contributed by atoms with Gasteiger partial charge in [0, 0.05) is 11.6 Å². The lowest BCUT2D eigenvalue weighted by atomic mass is 10.1. The van der Waals surface area contributed by atoms with Gasteiger partial charge in [0.15, 0.2) is 5.13 Å². The molecule has 0 spiro atoms. The van der Waals surface area contributed by atoms with Crippen LogP contribution in [-0.4, -0.2) is 20.4 Å². The maximum atomic E-state index is 12.3. The number of aromatic nitrogens is 3. The second-order valence-corrected chi connectivity index (χ2v) is 5.43. The average Bonchev–Trinajstić information content (AvgIpc) is 2.95. The van der Waals surface area contributed by atoms with E-state index in [9.17, 15) is 9.59 Å². The molecule has 0 radical (unpaired) electrons. The monoisotopic (exact) mass is 300 g/mol. The number of fused-ring (bicyclic) bond motifs is 1. The minimum absolute atomic E-state index is 0.0880. The highest BCUT2D eigenvalue weighted by atomic mass is 32.1. The number of rotatable bonds is 3. The van der Waals surface area contributed by atoms with Gasteiger partial charge in [-0.1, -0.05) is 12.1 Å². The van der Waals surface area contributed by atoms with Crippen molar-refractivity contribution in [3.05, 3.63) is 52.0 Å². The first-order valence-electron chi connectivity index (χ1n) is 6.29. The van der Waals surface area contributed by atoms with Gasteiger partial charge in [-0.25, -0.2) is 9.97 Å². The molecule has 2 heterocycles. The fourth-order valence-electron chi connectivity index (χ4n) is 2.05. The lowest BCUT2D eigenvalue weighted by Gasteiger charge is -2.07. The first-order valence-corrected chi connectivity index (χ1v) is 7.17. The van der Waals surface area contributed by atoms with Crippen molar-refractivity contribution in [2.45, 2.75) is 13.5 Å². The fourth-order valence-corrected chi connectivity index (χ4v) is 2.59. The van der Waals surface area contributed by atoms with E-state index >= 15 is 0 Å². The number of para-hydroxylation sites is 1. The highest BCUT2D eigenvalue weighted by molar-refractivity contribution is 7.13. The number of hydrogen-bond acceptors (Lipinski definition) is 5. The smallest absolute Gasteiger partial charge is 0.261 e. The Morgan fingerprint density at radius 3 is 3.00 bits per heavy atom. The van der Waals surface area contributed by atoms with Crippen LogP contribution >= 0.6 is 11.3 Å². The Labute approximate surface area is 124 Å². The predicted molar refractivity (Wildman–Crippen MR) is 81.5 cm³/mol. The number of anilines is 1. The molecule has 21 heavy (non-hydrogen) atoms. The van der Waals surface area contributed by atoms with Crippen LogP contribution in [0, 0.1) is 6.92 Å². The van der Waals surface area contributed by atoms with E-state index in [4.69, 9.17) is 0 Å². The molecule has 0 fully saturated rings. The zero-order valence-electron chi connectivity index (χ0n) is 11.2. The lowest BCUT2D eigenvalue weighted by Crippen LogP contribution is -2.28. The Morgan fingerprint density at radius 1 is 1.38 bits per heavy atom. The highest BCUT2D eigenvalue weighted by Gasteiger charge is 2.10. The summed E-state index contributed by atoms with van der Waals surface area (Å²) in [4.78, 5) is 32.5. The molecule has 0 aliphatic carbocycles. The van der Waals surface area contributed by atoms with Crippen molar-refractivity contribution >= 4 is 33.3 Å². The van der Waals surface area contributed by atoms with Crippen LogP contribution in [0.3, 0.4) is 0 Å². The van der Waals surface area contributed by atoms with Gasteiger partial charge in [0.1, 0.15) is 6.54 Å². The van der Waals surface area contributed by atoms with Gasteiger partial charge in [-0.3, -0.25) is 14.2 Å². The summed E-state index contributed by atoms with van der Waals surface area (Å²) in [7, 11) is 0. The first-order chi connectivity index (χ1) is 10.1. The molecular formula is C14H12N4O2S. The number of thiazole rings is 1. The van der Waals surface area contributed by atoms with Crippen molar-refractivity contribution in [3.8, 4) is 0 Å². The molecule has 1 aromatic carbocycles. The van der Waals surface area contributed by atoms with Crippen molar-refractivity contribution in [3.63, 3.8) is 0 Å². The van der Waals surface area contributed by atoms with Gasteiger partial charge >= 0.3 is 0 Å². The van der Waals surface area contributed by atoms with Gasteiger partial charge in [0.25, 0.3) is 5.56 Å². The molecule has 0 atom stereocenters. The minimum Gasteiger partial charge on any atom is -0.300 e. The zero-order chi connectivity index (χ0) is 14.8. The lowest BCUT2D eigenvalue weighted by molar-refractivity contribution is -0.116. The van der Waals surface area contributed by atoms with Crippen LogP contribution in [0.25, 0.3) is 10.9 Å². The Bertz CT molecular complexity index is 855. The normalized spacial score (nSPS) is 10.7. The number of carbonyl (C=O) groups excluding carboxylic acids is 1. The van der Waals surface area contributed by atoms with Crippen LogP contribution in [0.2, 0.25) is 0 Å². The highest BCUT2D eigenvalue weighted by Crippen LogP contribution is 2.12. The van der Waals surface area contributed by atoms with Crippen LogP contribution in [0.1, 0.15) is 5.56 Å². The number of nitrogens with one attached hydrogen (secondary N) is 1. The second kappa shape index (κ2) is 5.45. The third kappa shape index (κ3) is 2.68. The summed E-state index contributed by atoms with van der Waals surface area (Å²) in [5.41, 5.74) is 1.38. The quantitative estimate of drug-likeness (QED) is 0.800. The Hall–Kier alpha value is -2.54. The maximum absolute atomic E-state index is 12.3. The molecule has 0 aliphatic heterocycles. The summed E-state index contributed by atoms with van der Waals surface area (Å²) >= 11 is 1.32. The van der Waals surface area contributed by atoms with E-state index in [0.29, 0.717) is 16.0 Å². The molecule has 1 N–H and O–H groups in total. The first kappa shape index (κ1) is 13.4. The fraction of sp³-hybridized carbons (Fsp3) is 0.143. The van der Waals surface area contributed by atoms with E-state index in [2.05, 4.69) is 15.3 Å². The Balaban J connectivity index is 1.89. The summed E-state index contributed by atoms with van der Waals surface area (Å²) in [6.07, 6.45) is 3.01. The van der Waals surface area contributed by atoms with E-state index in [1.165, 1.54) is 22.2 Å². The molecular weight excluding hydrogens is 288 g/mol. The van der Waals surface area contributed by atoms with Crippen molar-refractivity contribution in [2.75, 3.05) is 5.32 Å². The molecule has 0 unspecified atom stereocenters. The molecule has 106 valence electrons. The third-order valence-electron chi connectivity index (χ3n) is 3.05. The molecule has 3 aromatic rings. The molecule has 2 aromatic heterocycles. The number of aryl methyl sites for hydroxylation is 1. The molecule has 6 nitrogen and oxygen atoms in total. The topological polar surface area (TPSA) is 76.9 Å². The van der Waals surface area contributed by atoms with Gasteiger partial charge in [-0.15, -0.1) is 11.3 Å². The van der Waals surface area contributed by atoms with E-state index < -0.39 is 0 Å². The van der Waals surface area contributed by atoms with Crippen molar-refractivity contribution in [1.82, 2.24) is 14.5 Å². The van der Waals surface area contributed by atoms with Crippen LogP contribution in [0.4, 0.5) is 5.13 Å². The maximum Gasteiger partial charge on any atom is 0.261 e. The number of benzene rings is 1. The third-order valence-corrected chi connectivity index (χ3v) is 3.74. The molecule has 7 heteroatoms. The van der Waals surface area contributed by atoms with Gasteiger partial charge in [0.2, 0.25) is 5.91 Å². The van der Waals surface area contributed by atoms with Crippen LogP contribution < -0.4 is 10.9 Å². The average molecular weight is 300 g/mol. The molecule has 0 aliphatic rings. The Kier molecular flexibility index (Phi) is 3.49. The summed E-state index contributed by atoms with van der Waals surface area (Å²) in [5, 5.41) is 5.43. The molecule has 1 amide bonds. The molecule has 0 saturated carbocycles. The zero-order valence-corrected chi connectivity index (χ0v) is 12.1. The number of amides is 1. The summed E-state index contributed by atoms with van der Waals surface area (Å²) in [6, 6.07) is 5.42. The SMILES string of the molecule is Cc1cccc2c(=O)n(CC(=O)Nc3nccs3)cnc12. The summed E-state index contributed by atoms with van der Waals surface area (Å²) < 4.78 is 1.30. The number of carbonyl (C=O) groups is 1. The minimum atomic E-state index is -0.305. The number of hydrogen-bond donors (Lipinski definition) is 1. The van der Waals surface area contributed by atoms with E-state index in [-0.39, 0.29) is 18.0 Å². The molecule has 0 bridgehead atoms. The van der Waals surface area contributed by atoms with E-state index in [1.54, 1.807) is 23.7 Å². The van der Waals surface area contributed by atoms with E-state index in [1.807, 2.05) is 13.0 Å². The van der Waals surface area contributed by atoms with E-state index in [0.717, 1.165) is 5.56 Å². The van der Waals surface area contributed by atoms with Crippen molar-refractivity contribution < 1.29 is 4.79 Å². The van der Waals surface area contributed by atoms with Gasteiger partial charge < -0.3 is 5.32 Å². The summed E-state index contributed by atoms with van der Waals surface area (Å²) in [5.74, 6) is -0.305. The van der Waals surface area contributed by atoms with Gasteiger partial charge in [-0.2, -0.15) is 0 Å². The van der Waals surface area contributed by atoms with Gasteiger partial charge in [0.05, 0.1) is 17.2 Å². The predicted octanol–water partition coefficient (Wildman–Crippen LogP) is 1.80. The molecule has 0 saturated heterocycles.